The van der Waals surface area contributed by atoms with E-state index in [1.54, 1.807) is 6.07 Å². The number of esters is 1. The Bertz CT molecular complexity index is 575. The van der Waals surface area contributed by atoms with Crippen LogP contribution in [0.3, 0.4) is 0 Å². The largest absolute Gasteiger partial charge is 0.494 e. The lowest BCUT2D eigenvalue weighted by Crippen LogP contribution is -2.31. The number of benzene rings is 1. The van der Waals surface area contributed by atoms with Crippen molar-refractivity contribution in [1.82, 2.24) is 5.32 Å². The van der Waals surface area contributed by atoms with Crippen molar-refractivity contribution in [2.75, 3.05) is 26.0 Å². The highest BCUT2D eigenvalue weighted by atomic mass is 32.1. The summed E-state index contributed by atoms with van der Waals surface area (Å²) in [5, 5.41) is 2.59. The molecule has 0 aliphatic rings. The molecule has 6 heteroatoms. The van der Waals surface area contributed by atoms with Gasteiger partial charge in [0.2, 0.25) is 0 Å². The first-order chi connectivity index (χ1) is 11.9. The van der Waals surface area contributed by atoms with Crippen molar-refractivity contribution in [3.8, 4) is 5.75 Å². The van der Waals surface area contributed by atoms with Gasteiger partial charge in [-0.1, -0.05) is 26.8 Å². The number of amides is 1. The van der Waals surface area contributed by atoms with Gasteiger partial charge in [0.05, 0.1) is 13.7 Å². The van der Waals surface area contributed by atoms with Crippen molar-refractivity contribution >= 4 is 24.5 Å². The minimum atomic E-state index is -0.480. The summed E-state index contributed by atoms with van der Waals surface area (Å²) < 4.78 is 10.3. The van der Waals surface area contributed by atoms with Gasteiger partial charge in [-0.3, -0.25) is 9.59 Å². The molecule has 1 aromatic carbocycles. The predicted octanol–water partition coefficient (Wildman–Crippen LogP) is 3.12. The molecule has 0 saturated heterocycles. The second kappa shape index (κ2) is 11.0. The first-order valence-corrected chi connectivity index (χ1v) is 9.22. The lowest BCUT2D eigenvalue weighted by Gasteiger charge is -2.15. The summed E-state index contributed by atoms with van der Waals surface area (Å²) in [5.41, 5.74) is 1.48. The molecule has 1 unspecified atom stereocenters. The summed E-state index contributed by atoms with van der Waals surface area (Å²) in [6, 6.07) is 5.56. The highest BCUT2D eigenvalue weighted by molar-refractivity contribution is 7.80. The molecule has 0 saturated carbocycles. The fourth-order valence-electron chi connectivity index (χ4n) is 2.26. The van der Waals surface area contributed by atoms with Gasteiger partial charge in [-0.05, 0) is 48.1 Å². The van der Waals surface area contributed by atoms with Crippen LogP contribution in [0.25, 0.3) is 0 Å². The van der Waals surface area contributed by atoms with Crippen molar-refractivity contribution < 1.29 is 19.1 Å². The number of methoxy groups -OCH3 is 1. The van der Waals surface area contributed by atoms with Crippen LogP contribution in [0.4, 0.5) is 0 Å². The van der Waals surface area contributed by atoms with Gasteiger partial charge in [-0.15, -0.1) is 0 Å². The summed E-state index contributed by atoms with van der Waals surface area (Å²) in [6.07, 6.45) is 1.68. The van der Waals surface area contributed by atoms with Gasteiger partial charge in [0.15, 0.2) is 0 Å². The Morgan fingerprint density at radius 1 is 1.24 bits per heavy atom. The first kappa shape index (κ1) is 21.4. The van der Waals surface area contributed by atoms with E-state index in [4.69, 9.17) is 4.74 Å². The summed E-state index contributed by atoms with van der Waals surface area (Å²) in [5.74, 6) is 1.59. The maximum atomic E-state index is 12.5. The minimum Gasteiger partial charge on any atom is -0.494 e. The zero-order chi connectivity index (χ0) is 18.8. The van der Waals surface area contributed by atoms with Gasteiger partial charge >= 0.3 is 5.97 Å². The number of hydrogen-bond donors (Lipinski definition) is 2. The number of nitrogens with one attached hydrogen (secondary N) is 1. The topological polar surface area (TPSA) is 64.6 Å². The van der Waals surface area contributed by atoms with E-state index in [1.165, 1.54) is 7.11 Å². The zero-order valence-electron chi connectivity index (χ0n) is 15.5. The molecule has 1 atom stereocenters. The van der Waals surface area contributed by atoms with E-state index in [0.29, 0.717) is 29.8 Å². The molecule has 1 aromatic rings. The van der Waals surface area contributed by atoms with E-state index < -0.39 is 5.97 Å². The molecular formula is C19H29NO4S. The van der Waals surface area contributed by atoms with Crippen LogP contribution in [-0.4, -0.2) is 37.9 Å². The second-order valence-electron chi connectivity index (χ2n) is 6.60. The van der Waals surface area contributed by atoms with Crippen LogP contribution in [0.1, 0.15) is 43.1 Å². The quantitative estimate of drug-likeness (QED) is 0.493. The second-order valence-corrected chi connectivity index (χ2v) is 6.97. The molecule has 25 heavy (non-hydrogen) atoms. The Labute approximate surface area is 155 Å². The lowest BCUT2D eigenvalue weighted by molar-refractivity contribution is -0.139. The van der Waals surface area contributed by atoms with E-state index in [0.717, 1.165) is 24.2 Å². The molecule has 1 rings (SSSR count). The third kappa shape index (κ3) is 7.82. The van der Waals surface area contributed by atoms with Crippen LogP contribution in [0.5, 0.6) is 5.75 Å². The third-order valence-electron chi connectivity index (χ3n) is 3.77. The fourth-order valence-corrected chi connectivity index (χ4v) is 2.45. The molecule has 1 N–H and O–H groups in total. The number of ether oxygens (including phenoxy) is 2. The molecule has 140 valence electrons. The van der Waals surface area contributed by atoms with Crippen molar-refractivity contribution in [2.45, 2.75) is 33.6 Å². The standard InChI is InChI=1S/C19H29NO4S/c1-13(2)9-15-5-6-16(24-8-7-14(3)12-25)10-17(15)19(22)20-11-18(21)23-4/h5-6,10,13-14,25H,7-9,11-12H2,1-4H3,(H,20,22). The smallest absolute Gasteiger partial charge is 0.325 e. The lowest BCUT2D eigenvalue weighted by atomic mass is 9.97. The fraction of sp³-hybridized carbons (Fsp3) is 0.579. The predicted molar refractivity (Wildman–Crippen MR) is 102 cm³/mol. The maximum Gasteiger partial charge on any atom is 0.325 e. The molecule has 1 amide bonds. The SMILES string of the molecule is COC(=O)CNC(=O)c1cc(OCCC(C)CS)ccc1CC(C)C. The minimum absolute atomic E-state index is 0.152. The van der Waals surface area contributed by atoms with Crippen molar-refractivity contribution in [1.29, 1.82) is 0 Å². The van der Waals surface area contributed by atoms with E-state index in [1.807, 2.05) is 12.1 Å². The monoisotopic (exact) mass is 367 g/mol. The van der Waals surface area contributed by atoms with E-state index in [9.17, 15) is 9.59 Å². The van der Waals surface area contributed by atoms with Gasteiger partial charge in [-0.25, -0.2) is 0 Å². The summed E-state index contributed by atoms with van der Waals surface area (Å²) in [7, 11) is 1.29. The molecule has 0 aromatic heterocycles. The molecule has 0 spiro atoms. The van der Waals surface area contributed by atoms with Gasteiger partial charge in [0, 0.05) is 5.56 Å². The van der Waals surface area contributed by atoms with Gasteiger partial charge in [0.1, 0.15) is 12.3 Å². The summed E-state index contributed by atoms with van der Waals surface area (Å²) in [4.78, 5) is 23.7. The van der Waals surface area contributed by atoms with Gasteiger partial charge in [-0.2, -0.15) is 12.6 Å². The number of rotatable bonds is 10. The average Bonchev–Trinajstić information content (AvgIpc) is 2.59. The molecule has 0 aliphatic carbocycles. The first-order valence-electron chi connectivity index (χ1n) is 8.59. The molecule has 0 aliphatic heterocycles. The summed E-state index contributed by atoms with van der Waals surface area (Å²) >= 11 is 4.27. The van der Waals surface area contributed by atoms with Gasteiger partial charge in [0.25, 0.3) is 5.91 Å². The van der Waals surface area contributed by atoms with Gasteiger partial charge < -0.3 is 14.8 Å². The van der Waals surface area contributed by atoms with Crippen molar-refractivity contribution in [2.24, 2.45) is 11.8 Å². The number of thiol groups is 1. The highest BCUT2D eigenvalue weighted by Gasteiger charge is 2.15. The van der Waals surface area contributed by atoms with E-state index in [2.05, 4.69) is 43.5 Å². The Balaban J connectivity index is 2.86. The third-order valence-corrected chi connectivity index (χ3v) is 4.39. The van der Waals surface area contributed by atoms with Crippen LogP contribution < -0.4 is 10.1 Å². The molecule has 0 radical (unpaired) electrons. The zero-order valence-corrected chi connectivity index (χ0v) is 16.4. The van der Waals surface area contributed by atoms with E-state index in [-0.39, 0.29) is 12.5 Å². The number of carbonyl (C=O) groups excluding carboxylic acids is 2. The normalized spacial score (nSPS) is 11.9. The molecule has 5 nitrogen and oxygen atoms in total. The average molecular weight is 368 g/mol. The Morgan fingerprint density at radius 2 is 1.96 bits per heavy atom. The Kier molecular flexibility index (Phi) is 9.42. The highest BCUT2D eigenvalue weighted by Crippen LogP contribution is 2.21. The van der Waals surface area contributed by atoms with E-state index >= 15 is 0 Å². The van der Waals surface area contributed by atoms with Crippen molar-refractivity contribution in [3.05, 3.63) is 29.3 Å². The molecular weight excluding hydrogens is 338 g/mol. The Morgan fingerprint density at radius 3 is 2.56 bits per heavy atom. The molecule has 0 heterocycles. The van der Waals surface area contributed by atoms with Crippen LogP contribution in [0.15, 0.2) is 18.2 Å². The van der Waals surface area contributed by atoms with Crippen LogP contribution >= 0.6 is 12.6 Å². The number of carbonyl (C=O) groups is 2. The Hall–Kier alpha value is -1.69. The molecule has 0 fully saturated rings. The maximum absolute atomic E-state index is 12.5. The molecule has 0 bridgehead atoms. The van der Waals surface area contributed by atoms with Crippen LogP contribution in [0.2, 0.25) is 0 Å². The van der Waals surface area contributed by atoms with Crippen molar-refractivity contribution in [3.63, 3.8) is 0 Å². The number of hydrogen-bond acceptors (Lipinski definition) is 5. The van der Waals surface area contributed by atoms with Crippen LogP contribution in [0, 0.1) is 11.8 Å². The summed E-state index contributed by atoms with van der Waals surface area (Å²) in [6.45, 7) is 6.74. The van der Waals surface area contributed by atoms with Crippen LogP contribution in [-0.2, 0) is 16.0 Å².